The van der Waals surface area contributed by atoms with Gasteiger partial charge in [-0.05, 0) is 49.2 Å². The number of hydrogen-bond acceptors (Lipinski definition) is 4. The number of anilines is 2. The van der Waals surface area contributed by atoms with E-state index in [0.29, 0.717) is 29.2 Å². The molecule has 2 fully saturated rings. The van der Waals surface area contributed by atoms with Gasteiger partial charge >= 0.3 is 6.03 Å². The zero-order chi connectivity index (χ0) is 22.7. The standard InChI is InChI=1S/C23H23ClN4O4/c24-15-7-9-16(10-8-15)25-20(30)17-5-1-2-6-18(17)26-19(29)11-14-28-21(31)23(27-22(28)32)12-3-4-13-23/h1-2,5-10H,3-4,11-14H2,(H,25,30)(H,26,29)(H,27,32). The summed E-state index contributed by atoms with van der Waals surface area (Å²) in [5.74, 6) is -1.04. The van der Waals surface area contributed by atoms with E-state index in [1.54, 1.807) is 48.5 Å². The van der Waals surface area contributed by atoms with Crippen molar-refractivity contribution in [2.45, 2.75) is 37.6 Å². The highest BCUT2D eigenvalue weighted by Crippen LogP contribution is 2.35. The van der Waals surface area contributed by atoms with E-state index in [4.69, 9.17) is 11.6 Å². The minimum Gasteiger partial charge on any atom is -0.325 e. The first-order chi connectivity index (χ1) is 15.4. The second-order valence-electron chi connectivity index (χ2n) is 7.98. The number of hydrogen-bond donors (Lipinski definition) is 3. The van der Waals surface area contributed by atoms with Crippen LogP contribution in [-0.4, -0.2) is 40.7 Å². The quantitative estimate of drug-likeness (QED) is 0.577. The molecule has 9 heteroatoms. The van der Waals surface area contributed by atoms with Gasteiger partial charge in [0.25, 0.3) is 11.8 Å². The van der Waals surface area contributed by atoms with E-state index in [2.05, 4.69) is 16.0 Å². The summed E-state index contributed by atoms with van der Waals surface area (Å²) in [6.45, 7) is -0.0165. The molecule has 5 amide bonds. The Morgan fingerprint density at radius 1 is 1.00 bits per heavy atom. The second-order valence-corrected chi connectivity index (χ2v) is 8.42. The molecule has 1 saturated heterocycles. The van der Waals surface area contributed by atoms with Gasteiger partial charge in [0.2, 0.25) is 5.91 Å². The fourth-order valence-electron chi connectivity index (χ4n) is 4.14. The van der Waals surface area contributed by atoms with Crippen molar-refractivity contribution in [3.8, 4) is 0 Å². The zero-order valence-corrected chi connectivity index (χ0v) is 18.1. The van der Waals surface area contributed by atoms with Crippen molar-refractivity contribution in [2.75, 3.05) is 17.2 Å². The topological polar surface area (TPSA) is 108 Å². The number of benzene rings is 2. The van der Waals surface area contributed by atoms with Crippen LogP contribution < -0.4 is 16.0 Å². The number of halogens is 1. The van der Waals surface area contributed by atoms with Gasteiger partial charge in [0, 0.05) is 23.7 Å². The predicted molar refractivity (Wildman–Crippen MR) is 121 cm³/mol. The molecule has 4 rings (SSSR count). The molecule has 0 bridgehead atoms. The Balaban J connectivity index is 1.37. The van der Waals surface area contributed by atoms with Crippen molar-refractivity contribution in [1.29, 1.82) is 0 Å². The van der Waals surface area contributed by atoms with Crippen molar-refractivity contribution < 1.29 is 19.2 Å². The first-order valence-corrected chi connectivity index (χ1v) is 10.9. The molecule has 0 aromatic heterocycles. The molecular formula is C23H23ClN4O4. The number of urea groups is 1. The highest BCUT2D eigenvalue weighted by molar-refractivity contribution is 6.30. The molecule has 3 N–H and O–H groups in total. The summed E-state index contributed by atoms with van der Waals surface area (Å²) >= 11 is 5.87. The highest BCUT2D eigenvalue weighted by Gasteiger charge is 2.52. The van der Waals surface area contributed by atoms with Crippen molar-refractivity contribution in [3.63, 3.8) is 0 Å². The molecule has 1 heterocycles. The number of nitrogens with zero attached hydrogens (tertiary/aromatic N) is 1. The van der Waals surface area contributed by atoms with Crippen molar-refractivity contribution in [3.05, 3.63) is 59.1 Å². The van der Waals surface area contributed by atoms with Crippen LogP contribution in [0, 0.1) is 0 Å². The molecule has 8 nitrogen and oxygen atoms in total. The largest absolute Gasteiger partial charge is 0.325 e. The van der Waals surface area contributed by atoms with E-state index in [1.807, 2.05) is 0 Å². The molecule has 2 aliphatic rings. The summed E-state index contributed by atoms with van der Waals surface area (Å²) in [6.07, 6.45) is 3.00. The Hall–Kier alpha value is -3.39. The third kappa shape index (κ3) is 4.45. The molecule has 1 aliphatic carbocycles. The van der Waals surface area contributed by atoms with Crippen LogP contribution in [0.3, 0.4) is 0 Å². The minimum atomic E-state index is -0.792. The van der Waals surface area contributed by atoms with E-state index >= 15 is 0 Å². The average Bonchev–Trinajstić information content (AvgIpc) is 3.33. The van der Waals surface area contributed by atoms with Gasteiger partial charge in [-0.3, -0.25) is 19.3 Å². The van der Waals surface area contributed by atoms with Gasteiger partial charge in [-0.15, -0.1) is 0 Å². The number of amides is 5. The maximum atomic E-state index is 12.7. The van der Waals surface area contributed by atoms with Gasteiger partial charge in [-0.25, -0.2) is 4.79 Å². The Kier molecular flexibility index (Phi) is 6.14. The van der Waals surface area contributed by atoms with E-state index in [1.165, 1.54) is 0 Å². The Labute approximate surface area is 190 Å². The monoisotopic (exact) mass is 454 g/mol. The number of para-hydroxylation sites is 1. The van der Waals surface area contributed by atoms with Crippen LogP contribution in [-0.2, 0) is 9.59 Å². The van der Waals surface area contributed by atoms with E-state index in [0.717, 1.165) is 17.7 Å². The highest BCUT2D eigenvalue weighted by atomic mass is 35.5. The molecule has 166 valence electrons. The molecule has 32 heavy (non-hydrogen) atoms. The van der Waals surface area contributed by atoms with E-state index < -0.39 is 17.5 Å². The number of carbonyl (C=O) groups is 4. The van der Waals surface area contributed by atoms with Crippen LogP contribution in [0.1, 0.15) is 42.5 Å². The molecule has 0 unspecified atom stereocenters. The number of nitrogens with one attached hydrogen (secondary N) is 3. The Morgan fingerprint density at radius 3 is 2.41 bits per heavy atom. The maximum absolute atomic E-state index is 12.7. The SMILES string of the molecule is O=C(CCN1C(=O)NC2(CCCC2)C1=O)Nc1ccccc1C(=O)Nc1ccc(Cl)cc1. The van der Waals surface area contributed by atoms with Crippen LogP contribution in [0.25, 0.3) is 0 Å². The molecule has 1 spiro atoms. The molecule has 2 aromatic carbocycles. The third-order valence-electron chi connectivity index (χ3n) is 5.81. The molecule has 1 saturated carbocycles. The van der Waals surface area contributed by atoms with Crippen LogP contribution in [0.5, 0.6) is 0 Å². The Morgan fingerprint density at radius 2 is 1.69 bits per heavy atom. The molecule has 1 aliphatic heterocycles. The van der Waals surface area contributed by atoms with Crippen LogP contribution in [0.4, 0.5) is 16.2 Å². The fraction of sp³-hybridized carbons (Fsp3) is 0.304. The summed E-state index contributed by atoms with van der Waals surface area (Å²) in [5.41, 5.74) is 0.406. The summed E-state index contributed by atoms with van der Waals surface area (Å²) in [6, 6.07) is 12.8. The number of carbonyl (C=O) groups excluding carboxylic acids is 4. The lowest BCUT2D eigenvalue weighted by Gasteiger charge is -2.20. The summed E-state index contributed by atoms with van der Waals surface area (Å²) in [7, 11) is 0. The second kappa shape index (κ2) is 9.00. The first kappa shape index (κ1) is 21.8. The van der Waals surface area contributed by atoms with Crippen LogP contribution in [0.15, 0.2) is 48.5 Å². The van der Waals surface area contributed by atoms with Gasteiger partial charge in [-0.2, -0.15) is 0 Å². The normalized spacial score (nSPS) is 16.8. The molecule has 0 radical (unpaired) electrons. The molecule has 0 atom stereocenters. The van der Waals surface area contributed by atoms with Gasteiger partial charge < -0.3 is 16.0 Å². The van der Waals surface area contributed by atoms with Crippen molar-refractivity contribution in [2.24, 2.45) is 0 Å². The van der Waals surface area contributed by atoms with Crippen LogP contribution >= 0.6 is 11.6 Å². The van der Waals surface area contributed by atoms with Crippen LogP contribution in [0.2, 0.25) is 5.02 Å². The first-order valence-electron chi connectivity index (χ1n) is 10.5. The minimum absolute atomic E-state index is 0.0165. The smallest absolute Gasteiger partial charge is 0.325 e. The third-order valence-corrected chi connectivity index (χ3v) is 6.07. The number of imide groups is 1. The summed E-state index contributed by atoms with van der Waals surface area (Å²) in [4.78, 5) is 51.3. The predicted octanol–water partition coefficient (Wildman–Crippen LogP) is 3.79. The van der Waals surface area contributed by atoms with E-state index in [9.17, 15) is 19.2 Å². The van der Waals surface area contributed by atoms with Crippen molar-refractivity contribution >= 4 is 46.7 Å². The lowest BCUT2D eigenvalue weighted by Crippen LogP contribution is -2.44. The fourth-order valence-corrected chi connectivity index (χ4v) is 4.27. The Bertz CT molecular complexity index is 1060. The summed E-state index contributed by atoms with van der Waals surface area (Å²) in [5, 5.41) is 8.82. The lowest BCUT2D eigenvalue weighted by molar-refractivity contribution is -0.131. The van der Waals surface area contributed by atoms with E-state index in [-0.39, 0.29) is 30.3 Å². The number of rotatable bonds is 6. The average molecular weight is 455 g/mol. The van der Waals surface area contributed by atoms with Gasteiger partial charge in [0.1, 0.15) is 5.54 Å². The summed E-state index contributed by atoms with van der Waals surface area (Å²) < 4.78 is 0. The lowest BCUT2D eigenvalue weighted by atomic mass is 9.98. The molecule has 2 aromatic rings. The van der Waals surface area contributed by atoms with Gasteiger partial charge in [0.15, 0.2) is 0 Å². The maximum Gasteiger partial charge on any atom is 0.325 e. The van der Waals surface area contributed by atoms with Crippen molar-refractivity contribution in [1.82, 2.24) is 10.2 Å². The van der Waals surface area contributed by atoms with Gasteiger partial charge in [-0.1, -0.05) is 36.6 Å². The zero-order valence-electron chi connectivity index (χ0n) is 17.3. The molecular weight excluding hydrogens is 432 g/mol. The van der Waals surface area contributed by atoms with Gasteiger partial charge in [0.05, 0.1) is 11.3 Å².